The van der Waals surface area contributed by atoms with Crippen molar-refractivity contribution in [2.24, 2.45) is 0 Å². The lowest BCUT2D eigenvalue weighted by Gasteiger charge is -2.19. The van der Waals surface area contributed by atoms with Crippen LogP contribution in [-0.2, 0) is 16.2 Å². The van der Waals surface area contributed by atoms with E-state index in [0.29, 0.717) is 11.3 Å². The number of nitrogens with one attached hydrogen (secondary N) is 3. The van der Waals surface area contributed by atoms with Gasteiger partial charge in [-0.1, -0.05) is 24.3 Å². The lowest BCUT2D eigenvalue weighted by molar-refractivity contribution is -0.137. The number of amides is 2. The highest BCUT2D eigenvalue weighted by atomic mass is 32.2. The fourth-order valence-corrected chi connectivity index (χ4v) is 2.97. The molecule has 0 heterocycles. The molecule has 0 aromatic heterocycles. The molecule has 3 N–H and O–H groups in total. The first-order chi connectivity index (χ1) is 12.5. The van der Waals surface area contributed by atoms with Crippen molar-refractivity contribution in [1.29, 1.82) is 0 Å². The second-order valence-electron chi connectivity index (χ2n) is 5.86. The zero-order valence-corrected chi connectivity index (χ0v) is 15.3. The smallest absolute Gasteiger partial charge is 0.331 e. The first-order valence-corrected chi connectivity index (χ1v) is 9.66. The molecule has 2 aromatic carbocycles. The standard InChI is InChI=1S/C17H18F3N3O3S/c1-11(14-8-3-4-9-15(14)23-27(2,25)26)21-16(24)22-13-7-5-6-12(10-13)17(18,19)20/h3-11,23H,1-2H3,(H2,21,22,24). The van der Waals surface area contributed by atoms with Crippen molar-refractivity contribution in [3.05, 3.63) is 59.7 Å². The van der Waals surface area contributed by atoms with E-state index in [-0.39, 0.29) is 5.69 Å². The Morgan fingerprint density at radius 1 is 1.07 bits per heavy atom. The molecule has 0 bridgehead atoms. The van der Waals surface area contributed by atoms with Crippen molar-refractivity contribution < 1.29 is 26.4 Å². The zero-order valence-electron chi connectivity index (χ0n) is 14.5. The van der Waals surface area contributed by atoms with Gasteiger partial charge in [-0.05, 0) is 36.8 Å². The topological polar surface area (TPSA) is 87.3 Å². The van der Waals surface area contributed by atoms with Gasteiger partial charge in [-0.25, -0.2) is 13.2 Å². The Morgan fingerprint density at radius 2 is 1.74 bits per heavy atom. The molecule has 0 saturated heterocycles. The normalized spacial score (nSPS) is 12.9. The molecule has 0 spiro atoms. The Labute approximate surface area is 154 Å². The molecule has 2 aromatic rings. The maximum absolute atomic E-state index is 12.7. The van der Waals surface area contributed by atoms with E-state index in [1.54, 1.807) is 31.2 Å². The van der Waals surface area contributed by atoms with Gasteiger partial charge in [-0.2, -0.15) is 13.2 Å². The van der Waals surface area contributed by atoms with Gasteiger partial charge in [-0.15, -0.1) is 0 Å². The Balaban J connectivity index is 2.11. The van der Waals surface area contributed by atoms with Crippen LogP contribution < -0.4 is 15.4 Å². The van der Waals surface area contributed by atoms with E-state index in [9.17, 15) is 26.4 Å². The van der Waals surface area contributed by atoms with Crippen LogP contribution in [0.1, 0.15) is 24.1 Å². The van der Waals surface area contributed by atoms with Gasteiger partial charge in [0.2, 0.25) is 10.0 Å². The number of urea groups is 1. The minimum atomic E-state index is -4.52. The van der Waals surface area contributed by atoms with Gasteiger partial charge in [0.05, 0.1) is 23.5 Å². The maximum Gasteiger partial charge on any atom is 0.416 e. The fraction of sp³-hybridized carbons (Fsp3) is 0.235. The summed E-state index contributed by atoms with van der Waals surface area (Å²) >= 11 is 0. The van der Waals surface area contributed by atoms with E-state index in [2.05, 4.69) is 15.4 Å². The Kier molecular flexibility index (Phi) is 5.99. The summed E-state index contributed by atoms with van der Waals surface area (Å²) in [6, 6.07) is 9.38. The van der Waals surface area contributed by atoms with E-state index in [1.807, 2.05) is 0 Å². The van der Waals surface area contributed by atoms with Crippen LogP contribution in [-0.4, -0.2) is 20.7 Å². The number of para-hydroxylation sites is 1. The van der Waals surface area contributed by atoms with Crippen molar-refractivity contribution in [3.8, 4) is 0 Å². The first-order valence-electron chi connectivity index (χ1n) is 7.77. The highest BCUT2D eigenvalue weighted by Gasteiger charge is 2.30. The van der Waals surface area contributed by atoms with E-state index < -0.39 is 33.8 Å². The minimum absolute atomic E-state index is 0.0166. The summed E-state index contributed by atoms with van der Waals surface area (Å²) in [5, 5.41) is 4.90. The molecule has 1 atom stereocenters. The molecule has 0 aliphatic heterocycles. The highest BCUT2D eigenvalue weighted by molar-refractivity contribution is 7.92. The van der Waals surface area contributed by atoms with Gasteiger partial charge in [0, 0.05) is 5.69 Å². The van der Waals surface area contributed by atoms with Crippen LogP contribution in [0.3, 0.4) is 0 Å². The van der Waals surface area contributed by atoms with Crippen LogP contribution in [0.2, 0.25) is 0 Å². The van der Waals surface area contributed by atoms with Crippen molar-refractivity contribution >= 4 is 27.4 Å². The molecule has 0 radical (unpaired) electrons. The van der Waals surface area contributed by atoms with Crippen LogP contribution in [0, 0.1) is 0 Å². The molecule has 0 fully saturated rings. The van der Waals surface area contributed by atoms with E-state index in [0.717, 1.165) is 18.4 Å². The van der Waals surface area contributed by atoms with Crippen LogP contribution in [0.25, 0.3) is 0 Å². The third-order valence-corrected chi connectivity index (χ3v) is 4.11. The maximum atomic E-state index is 12.7. The quantitative estimate of drug-likeness (QED) is 0.709. The van der Waals surface area contributed by atoms with Crippen molar-refractivity contribution in [2.45, 2.75) is 19.1 Å². The lowest BCUT2D eigenvalue weighted by Crippen LogP contribution is -2.31. The van der Waals surface area contributed by atoms with Gasteiger partial charge in [0.25, 0.3) is 0 Å². The number of carbonyl (C=O) groups is 1. The van der Waals surface area contributed by atoms with E-state index >= 15 is 0 Å². The number of benzene rings is 2. The molecule has 27 heavy (non-hydrogen) atoms. The summed E-state index contributed by atoms with van der Waals surface area (Å²) in [6.45, 7) is 1.62. The SMILES string of the molecule is CC(NC(=O)Nc1cccc(C(F)(F)F)c1)c1ccccc1NS(C)(=O)=O. The third kappa shape index (κ3) is 6.17. The Morgan fingerprint density at radius 3 is 2.37 bits per heavy atom. The van der Waals surface area contributed by atoms with E-state index in [1.165, 1.54) is 12.1 Å². The van der Waals surface area contributed by atoms with Crippen molar-refractivity contribution in [1.82, 2.24) is 5.32 Å². The van der Waals surface area contributed by atoms with Crippen molar-refractivity contribution in [2.75, 3.05) is 16.3 Å². The lowest BCUT2D eigenvalue weighted by atomic mass is 10.1. The molecule has 2 amide bonds. The third-order valence-electron chi connectivity index (χ3n) is 3.52. The summed E-state index contributed by atoms with van der Waals surface area (Å²) in [6.07, 6.45) is -3.51. The number of hydrogen-bond acceptors (Lipinski definition) is 3. The summed E-state index contributed by atoms with van der Waals surface area (Å²) in [5.74, 6) is 0. The molecular weight excluding hydrogens is 383 g/mol. The largest absolute Gasteiger partial charge is 0.416 e. The molecule has 146 valence electrons. The zero-order chi connectivity index (χ0) is 20.2. The number of hydrogen-bond donors (Lipinski definition) is 3. The first kappa shape index (κ1) is 20.6. The molecule has 0 saturated carbocycles. The van der Waals surface area contributed by atoms with Crippen LogP contribution in [0.15, 0.2) is 48.5 Å². The average molecular weight is 401 g/mol. The number of alkyl halides is 3. The van der Waals surface area contributed by atoms with Gasteiger partial charge in [0.1, 0.15) is 0 Å². The average Bonchev–Trinajstić information content (AvgIpc) is 2.53. The molecule has 1 unspecified atom stereocenters. The Hall–Kier alpha value is -2.75. The summed E-state index contributed by atoms with van der Waals surface area (Å²) in [5.41, 5.74) is -0.0953. The number of sulfonamides is 1. The fourth-order valence-electron chi connectivity index (χ4n) is 2.38. The minimum Gasteiger partial charge on any atom is -0.331 e. The number of anilines is 2. The number of carbonyl (C=O) groups excluding carboxylic acids is 1. The van der Waals surface area contributed by atoms with Gasteiger partial charge in [-0.3, -0.25) is 4.72 Å². The predicted octanol–water partition coefficient (Wildman–Crippen LogP) is 3.96. The molecule has 0 aliphatic carbocycles. The second-order valence-corrected chi connectivity index (χ2v) is 7.61. The summed E-state index contributed by atoms with van der Waals surface area (Å²) in [4.78, 5) is 12.1. The monoisotopic (exact) mass is 401 g/mol. The molecule has 0 aliphatic rings. The number of halogens is 3. The summed E-state index contributed by atoms with van der Waals surface area (Å²) in [7, 11) is -3.51. The van der Waals surface area contributed by atoms with E-state index in [4.69, 9.17) is 0 Å². The van der Waals surface area contributed by atoms with Crippen molar-refractivity contribution in [3.63, 3.8) is 0 Å². The van der Waals surface area contributed by atoms with Crippen LogP contribution in [0.4, 0.5) is 29.3 Å². The molecule has 6 nitrogen and oxygen atoms in total. The summed E-state index contributed by atoms with van der Waals surface area (Å²) < 4.78 is 63.4. The van der Waals surface area contributed by atoms with Crippen LogP contribution >= 0.6 is 0 Å². The second kappa shape index (κ2) is 7.87. The van der Waals surface area contributed by atoms with Crippen LogP contribution in [0.5, 0.6) is 0 Å². The Bertz CT molecular complexity index is 930. The highest BCUT2D eigenvalue weighted by Crippen LogP contribution is 2.30. The molecular formula is C17H18F3N3O3S. The molecule has 10 heteroatoms. The van der Waals surface area contributed by atoms with Gasteiger partial charge in [0.15, 0.2) is 0 Å². The van der Waals surface area contributed by atoms with Gasteiger partial charge >= 0.3 is 12.2 Å². The number of rotatable bonds is 5. The predicted molar refractivity (Wildman–Crippen MR) is 96.9 cm³/mol. The molecule has 2 rings (SSSR count). The van der Waals surface area contributed by atoms with Gasteiger partial charge < -0.3 is 10.6 Å².